The van der Waals surface area contributed by atoms with Crippen LogP contribution >= 0.6 is 11.6 Å². The molecule has 34 heavy (non-hydrogen) atoms. The highest BCUT2D eigenvalue weighted by Gasteiger charge is 2.19. The van der Waals surface area contributed by atoms with Crippen LogP contribution in [-0.2, 0) is 6.98 Å². The lowest BCUT2D eigenvalue weighted by molar-refractivity contribution is 0.0912. The van der Waals surface area contributed by atoms with Gasteiger partial charge in [0.05, 0.1) is 24.4 Å². The molecule has 0 aliphatic rings. The summed E-state index contributed by atoms with van der Waals surface area (Å²) in [6.07, 6.45) is 2.90. The first-order chi connectivity index (χ1) is 17.5. The zero-order chi connectivity index (χ0) is 26.9. The number of amides is 1. The minimum Gasteiger partial charge on any atom is -0.394 e. The molecule has 0 aliphatic carbocycles. The lowest BCUT2D eigenvalue weighted by Crippen LogP contribution is -2.31. The number of benzene rings is 2. The maximum atomic E-state index is 15.1. The quantitative estimate of drug-likeness (QED) is 0.380. The first-order valence-corrected chi connectivity index (χ1v) is 10.7. The number of aryl methyl sites for hydroxylation is 1. The molecule has 1 amide bonds. The van der Waals surface area contributed by atoms with E-state index in [2.05, 4.69) is 15.4 Å². The number of aliphatic hydroxyl groups is 1. The Balaban J connectivity index is 1.62. The number of hydrogen-bond acceptors (Lipinski definition) is 5. The minimum atomic E-state index is -2.44. The van der Waals surface area contributed by atoms with Crippen molar-refractivity contribution in [1.82, 2.24) is 20.1 Å². The second-order valence-electron chi connectivity index (χ2n) is 7.67. The lowest BCUT2D eigenvalue weighted by Gasteiger charge is -2.17. The maximum Gasteiger partial charge on any atom is 0.254 e. The van der Waals surface area contributed by atoms with Gasteiger partial charge in [-0.15, -0.1) is 0 Å². The molecule has 174 valence electrons. The molecule has 2 aromatic heterocycles. The highest BCUT2D eigenvalue weighted by atomic mass is 35.5. The monoisotopic (exact) mass is 482 g/mol. The van der Waals surface area contributed by atoms with Crippen LogP contribution in [0.3, 0.4) is 0 Å². The predicted octanol–water partition coefficient (Wildman–Crippen LogP) is 4.30. The summed E-state index contributed by atoms with van der Waals surface area (Å²) in [5.74, 6) is -1.38. The summed E-state index contributed by atoms with van der Waals surface area (Å²) >= 11 is 5.99. The fourth-order valence-electron chi connectivity index (χ4n) is 3.61. The molecular formula is C25H23ClFN5O2. The Labute approximate surface area is 205 Å². The number of anilines is 1. The third-order valence-electron chi connectivity index (χ3n) is 5.50. The van der Waals surface area contributed by atoms with Crippen LogP contribution in [0.2, 0.25) is 5.02 Å². The molecular weight excluding hydrogens is 457 g/mol. The van der Waals surface area contributed by atoms with Crippen LogP contribution in [0.5, 0.6) is 0 Å². The van der Waals surface area contributed by atoms with Gasteiger partial charge in [0.1, 0.15) is 11.6 Å². The Hall–Kier alpha value is -3.75. The summed E-state index contributed by atoms with van der Waals surface area (Å²) in [5.41, 5.74) is 8.68. The summed E-state index contributed by atoms with van der Waals surface area (Å²) in [6, 6.07) is 11.5. The molecule has 0 unspecified atom stereocenters. The molecule has 2 aromatic carbocycles. The fourth-order valence-corrected chi connectivity index (χ4v) is 3.81. The Morgan fingerprint density at radius 3 is 2.74 bits per heavy atom. The number of carbonyl (C=O) groups is 1. The van der Waals surface area contributed by atoms with E-state index in [1.54, 1.807) is 37.3 Å². The summed E-state index contributed by atoms with van der Waals surface area (Å²) in [4.78, 5) is 17.0. The van der Waals surface area contributed by atoms with Crippen molar-refractivity contribution in [3.63, 3.8) is 0 Å². The first kappa shape index (κ1) is 19.7. The number of nitrogens with one attached hydrogen (secondary N) is 1. The van der Waals surface area contributed by atoms with E-state index in [4.69, 9.17) is 21.4 Å². The molecule has 0 spiro atoms. The number of halogens is 2. The number of rotatable bonds is 6. The molecule has 0 aliphatic heterocycles. The van der Waals surface area contributed by atoms with Gasteiger partial charge < -0.3 is 16.2 Å². The first-order valence-electron chi connectivity index (χ1n) is 11.8. The van der Waals surface area contributed by atoms with Gasteiger partial charge in [0, 0.05) is 44.7 Å². The van der Waals surface area contributed by atoms with Gasteiger partial charge in [-0.05, 0) is 48.4 Å². The number of pyridine rings is 1. The van der Waals surface area contributed by atoms with Gasteiger partial charge >= 0.3 is 0 Å². The van der Waals surface area contributed by atoms with Crippen molar-refractivity contribution in [3.8, 4) is 22.3 Å². The second-order valence-corrected chi connectivity index (χ2v) is 8.11. The summed E-state index contributed by atoms with van der Waals surface area (Å²) in [7, 11) is 0. The Morgan fingerprint density at radius 2 is 2.06 bits per heavy atom. The molecule has 0 saturated heterocycles. The van der Waals surface area contributed by atoms with E-state index in [1.165, 1.54) is 24.5 Å². The van der Waals surface area contributed by atoms with Gasteiger partial charge in [-0.25, -0.2) is 9.37 Å². The molecule has 1 atom stereocenters. The average Bonchev–Trinajstić information content (AvgIpc) is 3.24. The van der Waals surface area contributed by atoms with Crippen molar-refractivity contribution >= 4 is 23.3 Å². The number of carbonyl (C=O) groups excluding carboxylic acids is 1. The van der Waals surface area contributed by atoms with Crippen LogP contribution in [0.1, 0.15) is 31.8 Å². The largest absolute Gasteiger partial charge is 0.394 e. The fraction of sp³-hybridized carbons (Fsp3) is 0.160. The van der Waals surface area contributed by atoms with Crippen LogP contribution in [0.15, 0.2) is 60.9 Å². The highest BCUT2D eigenvalue weighted by Crippen LogP contribution is 2.32. The average molecular weight is 483 g/mol. The predicted molar refractivity (Wildman–Crippen MR) is 130 cm³/mol. The highest BCUT2D eigenvalue weighted by molar-refractivity contribution is 6.30. The van der Waals surface area contributed by atoms with E-state index >= 15 is 4.39 Å². The van der Waals surface area contributed by atoms with E-state index < -0.39 is 31.3 Å². The molecule has 0 saturated carbocycles. The van der Waals surface area contributed by atoms with Crippen molar-refractivity contribution in [3.05, 3.63) is 88.6 Å². The van der Waals surface area contributed by atoms with Gasteiger partial charge in [-0.1, -0.05) is 29.8 Å². The second kappa shape index (κ2) is 9.62. The van der Waals surface area contributed by atoms with E-state index in [0.717, 1.165) is 10.7 Å². The third kappa shape index (κ3) is 4.64. The van der Waals surface area contributed by atoms with Crippen LogP contribution in [0.25, 0.3) is 22.3 Å². The summed E-state index contributed by atoms with van der Waals surface area (Å²) in [6.45, 7) is -1.22. The molecule has 4 N–H and O–H groups in total. The number of aliphatic hydroxyl groups excluding tert-OH is 1. The van der Waals surface area contributed by atoms with Crippen LogP contribution in [-0.4, -0.2) is 32.4 Å². The summed E-state index contributed by atoms with van der Waals surface area (Å²) < 4.78 is 38.8. The van der Waals surface area contributed by atoms with Crippen molar-refractivity contribution in [1.29, 1.82) is 0 Å². The SMILES string of the molecule is [2H]C([2H])([2H])n1ncc(-c2cnc(N)c(-c3ccc(C(=O)N[C@H](CO)c4cccc(Cl)c4)c(F)c3)c2)c1C. The van der Waals surface area contributed by atoms with Gasteiger partial charge in [0.15, 0.2) is 0 Å². The van der Waals surface area contributed by atoms with E-state index in [9.17, 15) is 9.90 Å². The molecule has 4 rings (SSSR count). The van der Waals surface area contributed by atoms with Crippen molar-refractivity contribution in [2.75, 3.05) is 12.3 Å². The van der Waals surface area contributed by atoms with Gasteiger partial charge in [-0.2, -0.15) is 5.10 Å². The number of hydrogen-bond donors (Lipinski definition) is 3. The molecule has 2 heterocycles. The molecule has 9 heteroatoms. The topological polar surface area (TPSA) is 106 Å². The lowest BCUT2D eigenvalue weighted by atomic mass is 9.99. The summed E-state index contributed by atoms with van der Waals surface area (Å²) in [5, 5.41) is 16.7. The Kier molecular flexibility index (Phi) is 5.57. The maximum absolute atomic E-state index is 15.1. The minimum absolute atomic E-state index is 0.127. The zero-order valence-corrected chi connectivity index (χ0v) is 18.8. The Morgan fingerprint density at radius 1 is 1.24 bits per heavy atom. The van der Waals surface area contributed by atoms with E-state index in [-0.39, 0.29) is 11.4 Å². The van der Waals surface area contributed by atoms with E-state index in [0.29, 0.717) is 38.5 Å². The number of aromatic nitrogens is 3. The van der Waals surface area contributed by atoms with Crippen LogP contribution < -0.4 is 11.1 Å². The Bertz CT molecular complexity index is 1480. The van der Waals surface area contributed by atoms with Crippen molar-refractivity contribution in [2.24, 2.45) is 6.98 Å². The van der Waals surface area contributed by atoms with E-state index in [1.807, 2.05) is 0 Å². The van der Waals surface area contributed by atoms with Crippen molar-refractivity contribution < 1.29 is 18.4 Å². The van der Waals surface area contributed by atoms with Gasteiger partial charge in [-0.3, -0.25) is 9.48 Å². The molecule has 0 bridgehead atoms. The molecule has 4 aromatic rings. The zero-order valence-electron chi connectivity index (χ0n) is 21.1. The third-order valence-corrected chi connectivity index (χ3v) is 5.74. The normalized spacial score (nSPS) is 13.6. The smallest absolute Gasteiger partial charge is 0.254 e. The molecule has 0 radical (unpaired) electrons. The number of nitrogen functional groups attached to an aromatic ring is 1. The van der Waals surface area contributed by atoms with Gasteiger partial charge in [0.25, 0.3) is 5.91 Å². The number of nitrogens with two attached hydrogens (primary N) is 1. The molecule has 7 nitrogen and oxygen atoms in total. The standard InChI is InChI=1S/C25H23ClFN5O2/c1-14-21(12-30-32(14)2)17-9-20(24(28)29-11-17)15-6-7-19(22(27)10-15)25(34)31-23(13-33)16-4-3-5-18(26)8-16/h3-12,23,33H,13H2,1-2H3,(H2,28,29)(H,31,34)/t23-/m1/s1/i2D3. The van der Waals surface area contributed by atoms with Crippen LogP contribution in [0.4, 0.5) is 10.2 Å². The van der Waals surface area contributed by atoms with Crippen molar-refractivity contribution in [2.45, 2.75) is 13.0 Å². The molecule has 0 fully saturated rings. The number of nitrogens with zero attached hydrogens (tertiary/aromatic N) is 3. The van der Waals surface area contributed by atoms with Gasteiger partial charge in [0.2, 0.25) is 0 Å². The van der Waals surface area contributed by atoms with Crippen LogP contribution in [0, 0.1) is 12.7 Å².